The molecule has 4 nitrogen and oxygen atoms in total. The monoisotopic (exact) mass is 613 g/mol. The van der Waals surface area contributed by atoms with Gasteiger partial charge in [-0.15, -0.1) is 11.3 Å². The standard InChI is InChI=1S/C21H11Br2Cl2N3OS2/c22-10-7-13(20-26-16-3-1-2-4-17(16)31-20)18(14(23)8-10)27-21(30)28-19(29)12-9-11(24)5-6-15(12)25/h1-9H,(H2,27,28,29,30). The van der Waals surface area contributed by atoms with Crippen LogP contribution in [0, 0.1) is 0 Å². The summed E-state index contributed by atoms with van der Waals surface area (Å²) in [6.07, 6.45) is 0. The van der Waals surface area contributed by atoms with Gasteiger partial charge in [-0.3, -0.25) is 10.1 Å². The first-order valence-electron chi connectivity index (χ1n) is 8.74. The van der Waals surface area contributed by atoms with Gasteiger partial charge in [0, 0.05) is 19.5 Å². The minimum Gasteiger partial charge on any atom is -0.331 e. The number of hydrogen-bond acceptors (Lipinski definition) is 4. The number of nitrogens with one attached hydrogen (secondary N) is 2. The second kappa shape index (κ2) is 9.52. The SMILES string of the molecule is O=C(NC(=S)Nc1c(Br)cc(Br)cc1-c1nc2ccccc2s1)c1cc(Cl)ccc1Cl. The van der Waals surface area contributed by atoms with Crippen LogP contribution in [0.25, 0.3) is 20.8 Å². The van der Waals surface area contributed by atoms with Crippen molar-refractivity contribution in [1.82, 2.24) is 10.3 Å². The van der Waals surface area contributed by atoms with Gasteiger partial charge in [0.2, 0.25) is 0 Å². The largest absolute Gasteiger partial charge is 0.331 e. The molecule has 0 unspecified atom stereocenters. The van der Waals surface area contributed by atoms with Crippen molar-refractivity contribution in [3.05, 3.63) is 79.2 Å². The second-order valence-electron chi connectivity index (χ2n) is 6.33. The normalized spacial score (nSPS) is 10.8. The van der Waals surface area contributed by atoms with Gasteiger partial charge in [-0.2, -0.15) is 0 Å². The molecular formula is C21H11Br2Cl2N3OS2. The molecule has 3 aromatic carbocycles. The number of halogens is 4. The third-order valence-corrected chi connectivity index (χ3v) is 7.14. The Labute approximate surface area is 214 Å². The van der Waals surface area contributed by atoms with Crippen molar-refractivity contribution < 1.29 is 4.79 Å². The first-order chi connectivity index (χ1) is 14.8. The van der Waals surface area contributed by atoms with Gasteiger partial charge in [0.25, 0.3) is 5.91 Å². The molecule has 0 aliphatic heterocycles. The molecule has 1 heterocycles. The second-order valence-corrected chi connectivity index (χ2v) is 10.4. The van der Waals surface area contributed by atoms with E-state index < -0.39 is 5.91 Å². The van der Waals surface area contributed by atoms with Crippen LogP contribution >= 0.6 is 78.6 Å². The lowest BCUT2D eigenvalue weighted by atomic mass is 10.2. The summed E-state index contributed by atoms with van der Waals surface area (Å²) in [6.45, 7) is 0. The van der Waals surface area contributed by atoms with Crippen LogP contribution in [-0.4, -0.2) is 16.0 Å². The summed E-state index contributed by atoms with van der Waals surface area (Å²) in [5.41, 5.74) is 2.67. The van der Waals surface area contributed by atoms with Crippen LogP contribution in [0.4, 0.5) is 5.69 Å². The lowest BCUT2D eigenvalue weighted by Gasteiger charge is -2.15. The maximum atomic E-state index is 12.6. The predicted molar refractivity (Wildman–Crippen MR) is 141 cm³/mol. The molecule has 0 fully saturated rings. The summed E-state index contributed by atoms with van der Waals surface area (Å²) in [7, 11) is 0. The lowest BCUT2D eigenvalue weighted by molar-refractivity contribution is 0.0978. The lowest BCUT2D eigenvalue weighted by Crippen LogP contribution is -2.34. The van der Waals surface area contributed by atoms with Crippen molar-refractivity contribution in [2.75, 3.05) is 5.32 Å². The fourth-order valence-corrected chi connectivity index (χ4v) is 5.73. The van der Waals surface area contributed by atoms with Crippen LogP contribution in [0.5, 0.6) is 0 Å². The summed E-state index contributed by atoms with van der Waals surface area (Å²) in [5.74, 6) is -0.459. The molecule has 0 aliphatic carbocycles. The van der Waals surface area contributed by atoms with Gasteiger partial charge in [0.1, 0.15) is 5.01 Å². The van der Waals surface area contributed by atoms with Crippen LogP contribution in [0.15, 0.2) is 63.5 Å². The third kappa shape index (κ3) is 5.10. The Morgan fingerprint density at radius 2 is 1.84 bits per heavy atom. The highest BCUT2D eigenvalue weighted by Gasteiger charge is 2.18. The van der Waals surface area contributed by atoms with E-state index in [1.165, 1.54) is 6.07 Å². The Morgan fingerprint density at radius 1 is 1.06 bits per heavy atom. The molecule has 0 radical (unpaired) electrons. The zero-order valence-corrected chi connectivity index (χ0v) is 21.7. The number of thiocarbonyl (C=S) groups is 1. The number of aromatic nitrogens is 1. The predicted octanol–water partition coefficient (Wildman–Crippen LogP) is 7.92. The number of anilines is 1. The van der Waals surface area contributed by atoms with Gasteiger partial charge >= 0.3 is 0 Å². The molecule has 31 heavy (non-hydrogen) atoms. The van der Waals surface area contributed by atoms with Crippen LogP contribution < -0.4 is 10.6 Å². The molecule has 0 saturated heterocycles. The molecule has 0 spiro atoms. The van der Waals surface area contributed by atoms with Crippen molar-refractivity contribution in [3.63, 3.8) is 0 Å². The molecule has 2 N–H and O–H groups in total. The van der Waals surface area contributed by atoms with E-state index in [-0.39, 0.29) is 15.7 Å². The zero-order chi connectivity index (χ0) is 22.1. The van der Waals surface area contributed by atoms with Gasteiger partial charge in [-0.1, -0.05) is 51.3 Å². The average molecular weight is 616 g/mol. The molecule has 10 heteroatoms. The van der Waals surface area contributed by atoms with Crippen molar-refractivity contribution in [1.29, 1.82) is 0 Å². The van der Waals surface area contributed by atoms with Crippen molar-refractivity contribution in [2.24, 2.45) is 0 Å². The van der Waals surface area contributed by atoms with Crippen LogP contribution in [-0.2, 0) is 0 Å². The molecule has 4 aromatic rings. The summed E-state index contributed by atoms with van der Waals surface area (Å²) in [5, 5.41) is 7.38. The number of carbonyl (C=O) groups is 1. The quantitative estimate of drug-likeness (QED) is 0.230. The molecule has 156 valence electrons. The van der Waals surface area contributed by atoms with Crippen molar-refractivity contribution in [3.8, 4) is 10.6 Å². The summed E-state index contributed by atoms with van der Waals surface area (Å²) < 4.78 is 2.71. The molecule has 4 rings (SSSR count). The molecule has 1 amide bonds. The van der Waals surface area contributed by atoms with E-state index in [0.29, 0.717) is 10.7 Å². The molecule has 0 bridgehead atoms. The highest BCUT2D eigenvalue weighted by molar-refractivity contribution is 9.11. The van der Waals surface area contributed by atoms with Gasteiger partial charge in [0.15, 0.2) is 5.11 Å². The summed E-state index contributed by atoms with van der Waals surface area (Å²) in [6, 6.07) is 16.4. The number of para-hydroxylation sites is 1. The Kier molecular flexibility index (Phi) is 6.95. The number of benzene rings is 3. The highest BCUT2D eigenvalue weighted by atomic mass is 79.9. The van der Waals surface area contributed by atoms with Gasteiger partial charge in [-0.05, 0) is 70.6 Å². The van der Waals surface area contributed by atoms with Crippen molar-refractivity contribution >= 4 is 106 Å². The zero-order valence-electron chi connectivity index (χ0n) is 15.4. The smallest absolute Gasteiger partial charge is 0.258 e. The first-order valence-corrected chi connectivity index (χ1v) is 12.3. The molecule has 1 aromatic heterocycles. The maximum absolute atomic E-state index is 12.6. The summed E-state index contributed by atoms with van der Waals surface area (Å²) in [4.78, 5) is 17.4. The number of thiazole rings is 1. The van der Waals surface area contributed by atoms with E-state index in [0.717, 1.165) is 29.7 Å². The molecule has 0 aliphatic rings. The molecule has 0 atom stereocenters. The Bertz CT molecular complexity index is 1310. The minimum atomic E-state index is -0.459. The van der Waals surface area contributed by atoms with E-state index in [4.69, 9.17) is 40.4 Å². The Hall–Kier alpha value is -1.55. The number of amides is 1. The third-order valence-electron chi connectivity index (χ3n) is 4.22. The van der Waals surface area contributed by atoms with Crippen molar-refractivity contribution in [2.45, 2.75) is 0 Å². The molecular weight excluding hydrogens is 605 g/mol. The topological polar surface area (TPSA) is 54.0 Å². The van der Waals surface area contributed by atoms with E-state index in [1.807, 2.05) is 36.4 Å². The minimum absolute atomic E-state index is 0.117. The number of fused-ring (bicyclic) bond motifs is 1. The number of carbonyl (C=O) groups excluding carboxylic acids is 1. The van der Waals surface area contributed by atoms with Crippen LogP contribution in [0.1, 0.15) is 10.4 Å². The van der Waals surface area contributed by atoms with Gasteiger partial charge < -0.3 is 5.32 Å². The van der Waals surface area contributed by atoms with E-state index in [2.05, 4.69) is 42.5 Å². The average Bonchev–Trinajstić information content (AvgIpc) is 3.15. The number of rotatable bonds is 3. The maximum Gasteiger partial charge on any atom is 0.258 e. The number of hydrogen-bond donors (Lipinski definition) is 2. The number of nitrogens with zero attached hydrogens (tertiary/aromatic N) is 1. The fraction of sp³-hybridized carbons (Fsp3) is 0. The van der Waals surface area contributed by atoms with Gasteiger partial charge in [0.05, 0.1) is 26.5 Å². The van der Waals surface area contributed by atoms with Crippen LogP contribution in [0.3, 0.4) is 0 Å². The van der Waals surface area contributed by atoms with E-state index in [9.17, 15) is 4.79 Å². The summed E-state index contributed by atoms with van der Waals surface area (Å²) >= 11 is 26.2. The highest BCUT2D eigenvalue weighted by Crippen LogP contribution is 2.40. The first kappa shape index (κ1) is 22.6. The fourth-order valence-electron chi connectivity index (χ4n) is 2.84. The Morgan fingerprint density at radius 3 is 2.61 bits per heavy atom. The van der Waals surface area contributed by atoms with E-state index in [1.54, 1.807) is 23.5 Å². The Balaban J connectivity index is 1.64. The van der Waals surface area contributed by atoms with Crippen LogP contribution in [0.2, 0.25) is 10.0 Å². The van der Waals surface area contributed by atoms with Gasteiger partial charge in [-0.25, -0.2) is 4.98 Å². The molecule has 0 saturated carbocycles. The van der Waals surface area contributed by atoms with E-state index >= 15 is 0 Å².